The lowest BCUT2D eigenvalue weighted by Gasteiger charge is -2.09. The molecule has 0 fully saturated rings. The quantitative estimate of drug-likeness (QED) is 0.897. The number of anilines is 1. The number of rotatable bonds is 4. The van der Waals surface area contributed by atoms with Crippen molar-refractivity contribution in [2.45, 2.75) is 6.54 Å². The average Bonchev–Trinajstić information content (AvgIpc) is 2.40. The van der Waals surface area contributed by atoms with Crippen LogP contribution in [0.25, 0.3) is 0 Å². The van der Waals surface area contributed by atoms with Gasteiger partial charge in [0, 0.05) is 12.2 Å². The van der Waals surface area contributed by atoms with Gasteiger partial charge in [-0.15, -0.1) is 0 Å². The van der Waals surface area contributed by atoms with E-state index in [0.717, 1.165) is 0 Å². The van der Waals surface area contributed by atoms with Crippen LogP contribution in [0.1, 0.15) is 15.9 Å². The summed E-state index contributed by atoms with van der Waals surface area (Å²) in [7, 11) is 0. The topological polar surface area (TPSA) is 49.3 Å². The largest absolute Gasteiger partial charge is 0.478 e. The summed E-state index contributed by atoms with van der Waals surface area (Å²) >= 11 is 3.08. The Bertz CT molecular complexity index is 616. The number of carbonyl (C=O) groups is 1. The molecule has 0 amide bonds. The minimum absolute atomic E-state index is 0.243. The van der Waals surface area contributed by atoms with Gasteiger partial charge in [-0.1, -0.05) is 18.2 Å². The molecule has 0 bridgehead atoms. The van der Waals surface area contributed by atoms with E-state index in [1.165, 1.54) is 6.07 Å². The second kappa shape index (κ2) is 5.84. The second-order valence-corrected chi connectivity index (χ2v) is 4.80. The van der Waals surface area contributed by atoms with E-state index in [0.29, 0.717) is 22.3 Å². The number of nitrogens with one attached hydrogen (secondary N) is 1. The van der Waals surface area contributed by atoms with Crippen molar-refractivity contribution in [3.8, 4) is 0 Å². The van der Waals surface area contributed by atoms with Crippen LogP contribution >= 0.6 is 15.9 Å². The fraction of sp³-hybridized carbons (Fsp3) is 0.0714. The highest BCUT2D eigenvalue weighted by molar-refractivity contribution is 9.10. The predicted octanol–water partition coefficient (Wildman–Crippen LogP) is 3.90. The van der Waals surface area contributed by atoms with Crippen molar-refractivity contribution in [3.05, 3.63) is 63.9 Å². The smallest absolute Gasteiger partial charge is 0.336 e. The molecule has 0 radical (unpaired) electrons. The van der Waals surface area contributed by atoms with Gasteiger partial charge in [-0.05, 0) is 45.8 Å². The fourth-order valence-corrected chi connectivity index (χ4v) is 1.93. The van der Waals surface area contributed by atoms with Crippen LogP contribution in [0.3, 0.4) is 0 Å². The van der Waals surface area contributed by atoms with Crippen molar-refractivity contribution in [2.75, 3.05) is 5.32 Å². The van der Waals surface area contributed by atoms with E-state index in [-0.39, 0.29) is 11.4 Å². The van der Waals surface area contributed by atoms with Crippen LogP contribution in [0, 0.1) is 5.82 Å². The van der Waals surface area contributed by atoms with E-state index in [2.05, 4.69) is 21.2 Å². The first-order valence-corrected chi connectivity index (χ1v) is 6.37. The number of carboxylic acid groups (broad SMARTS) is 1. The van der Waals surface area contributed by atoms with Crippen LogP contribution in [0.5, 0.6) is 0 Å². The van der Waals surface area contributed by atoms with Gasteiger partial charge in [0.15, 0.2) is 0 Å². The second-order valence-electron chi connectivity index (χ2n) is 3.94. The third-order valence-corrected chi connectivity index (χ3v) is 3.29. The molecule has 5 heteroatoms. The van der Waals surface area contributed by atoms with Gasteiger partial charge >= 0.3 is 5.97 Å². The van der Waals surface area contributed by atoms with Gasteiger partial charge in [0.05, 0.1) is 10.0 Å². The summed E-state index contributed by atoms with van der Waals surface area (Å²) in [5.41, 5.74) is 1.49. The maximum Gasteiger partial charge on any atom is 0.336 e. The Morgan fingerprint density at radius 1 is 1.26 bits per heavy atom. The van der Waals surface area contributed by atoms with E-state index >= 15 is 0 Å². The summed E-state index contributed by atoms with van der Waals surface area (Å²) in [6.45, 7) is 0.323. The lowest BCUT2D eigenvalue weighted by atomic mass is 10.1. The third kappa shape index (κ3) is 3.32. The standard InChI is InChI=1S/C14H11BrFNO2/c15-12-6-5-10(7-13(12)16)17-8-9-3-1-2-4-11(9)14(18)19/h1-7,17H,8H2,(H,18,19). The molecule has 98 valence electrons. The molecule has 2 rings (SSSR count). The molecule has 0 unspecified atom stereocenters. The van der Waals surface area contributed by atoms with Gasteiger partial charge in [-0.2, -0.15) is 0 Å². The van der Waals surface area contributed by atoms with E-state index in [9.17, 15) is 9.18 Å². The molecule has 3 nitrogen and oxygen atoms in total. The summed E-state index contributed by atoms with van der Waals surface area (Å²) in [5, 5.41) is 12.0. The molecule has 2 aromatic carbocycles. The first kappa shape index (κ1) is 13.5. The lowest BCUT2D eigenvalue weighted by Crippen LogP contribution is -2.07. The molecular weight excluding hydrogens is 313 g/mol. The Hall–Kier alpha value is -1.88. The molecule has 0 aromatic heterocycles. The van der Waals surface area contributed by atoms with E-state index < -0.39 is 5.97 Å². The van der Waals surface area contributed by atoms with Crippen molar-refractivity contribution in [1.82, 2.24) is 0 Å². The molecule has 0 aliphatic rings. The van der Waals surface area contributed by atoms with E-state index in [1.54, 1.807) is 36.4 Å². The van der Waals surface area contributed by atoms with Gasteiger partial charge in [-0.3, -0.25) is 0 Å². The first-order chi connectivity index (χ1) is 9.08. The first-order valence-electron chi connectivity index (χ1n) is 5.58. The minimum Gasteiger partial charge on any atom is -0.478 e. The van der Waals surface area contributed by atoms with Crippen LogP contribution < -0.4 is 5.32 Å². The van der Waals surface area contributed by atoms with E-state index in [4.69, 9.17) is 5.11 Å². The molecule has 0 spiro atoms. The normalized spacial score (nSPS) is 10.2. The van der Waals surface area contributed by atoms with Gasteiger partial charge in [0.25, 0.3) is 0 Å². The summed E-state index contributed by atoms with van der Waals surface area (Å²) in [6, 6.07) is 11.4. The van der Waals surface area contributed by atoms with Crippen LogP contribution in [-0.4, -0.2) is 11.1 Å². The van der Waals surface area contributed by atoms with Crippen molar-refractivity contribution in [3.63, 3.8) is 0 Å². The molecule has 2 aromatic rings. The highest BCUT2D eigenvalue weighted by Crippen LogP contribution is 2.20. The average molecular weight is 324 g/mol. The number of hydrogen-bond donors (Lipinski definition) is 2. The molecule has 0 aliphatic carbocycles. The maximum absolute atomic E-state index is 13.3. The summed E-state index contributed by atoms with van der Waals surface area (Å²) in [5.74, 6) is -1.34. The minimum atomic E-state index is -0.973. The van der Waals surface area contributed by atoms with Crippen LogP contribution in [0.15, 0.2) is 46.9 Å². The van der Waals surface area contributed by atoms with Gasteiger partial charge < -0.3 is 10.4 Å². The number of carboxylic acids is 1. The summed E-state index contributed by atoms with van der Waals surface area (Å²) < 4.78 is 13.7. The Kier molecular flexibility index (Phi) is 4.16. The van der Waals surface area contributed by atoms with Gasteiger partial charge in [0.2, 0.25) is 0 Å². The molecule has 0 saturated carbocycles. The van der Waals surface area contributed by atoms with Crippen molar-refractivity contribution in [1.29, 1.82) is 0 Å². The van der Waals surface area contributed by atoms with Crippen molar-refractivity contribution < 1.29 is 14.3 Å². The van der Waals surface area contributed by atoms with Crippen molar-refractivity contribution >= 4 is 27.6 Å². The SMILES string of the molecule is O=C(O)c1ccccc1CNc1ccc(Br)c(F)c1. The fourth-order valence-electron chi connectivity index (χ4n) is 1.69. The van der Waals surface area contributed by atoms with Crippen LogP contribution in [0.4, 0.5) is 10.1 Å². The monoisotopic (exact) mass is 323 g/mol. The summed E-state index contributed by atoms with van der Waals surface area (Å²) in [4.78, 5) is 11.0. The molecule has 19 heavy (non-hydrogen) atoms. The number of hydrogen-bond acceptors (Lipinski definition) is 2. The predicted molar refractivity (Wildman–Crippen MR) is 74.8 cm³/mol. The molecule has 0 saturated heterocycles. The lowest BCUT2D eigenvalue weighted by molar-refractivity contribution is 0.0696. The zero-order valence-electron chi connectivity index (χ0n) is 9.86. The number of halogens is 2. The zero-order valence-corrected chi connectivity index (χ0v) is 11.4. The molecule has 0 atom stereocenters. The Morgan fingerprint density at radius 3 is 2.68 bits per heavy atom. The number of benzene rings is 2. The Balaban J connectivity index is 2.14. The highest BCUT2D eigenvalue weighted by atomic mass is 79.9. The highest BCUT2D eigenvalue weighted by Gasteiger charge is 2.08. The summed E-state index contributed by atoms with van der Waals surface area (Å²) in [6.07, 6.45) is 0. The van der Waals surface area contributed by atoms with Gasteiger partial charge in [-0.25, -0.2) is 9.18 Å². The van der Waals surface area contributed by atoms with Gasteiger partial charge in [0.1, 0.15) is 5.82 Å². The molecule has 2 N–H and O–H groups in total. The van der Waals surface area contributed by atoms with E-state index in [1.807, 2.05) is 0 Å². The van der Waals surface area contributed by atoms with Crippen LogP contribution in [0.2, 0.25) is 0 Å². The van der Waals surface area contributed by atoms with Crippen LogP contribution in [-0.2, 0) is 6.54 Å². The number of aromatic carboxylic acids is 1. The third-order valence-electron chi connectivity index (χ3n) is 2.65. The zero-order chi connectivity index (χ0) is 13.8. The Labute approximate surface area is 118 Å². The van der Waals surface area contributed by atoms with Crippen molar-refractivity contribution in [2.24, 2.45) is 0 Å². The molecule has 0 aliphatic heterocycles. The Morgan fingerprint density at radius 2 is 2.00 bits per heavy atom. The molecular formula is C14H11BrFNO2. The molecule has 0 heterocycles. The maximum atomic E-state index is 13.3.